The minimum absolute atomic E-state index is 0.361. The van der Waals surface area contributed by atoms with E-state index in [0.29, 0.717) is 15.6 Å². The average molecular weight is 213 g/mol. The standard InChI is InChI=1S/C8H5ClN2OS/c9-7-4-5(8(13)11-10-7)6-2-1-3-12-6/h1-4H,(H,11,13). The molecule has 0 amide bonds. The van der Waals surface area contributed by atoms with Gasteiger partial charge in [-0.3, -0.25) is 5.10 Å². The summed E-state index contributed by atoms with van der Waals surface area (Å²) >= 11 is 10.7. The van der Waals surface area contributed by atoms with Gasteiger partial charge in [0, 0.05) is 0 Å². The van der Waals surface area contributed by atoms with Gasteiger partial charge in [0.05, 0.1) is 11.8 Å². The van der Waals surface area contributed by atoms with Gasteiger partial charge in [0.2, 0.25) is 0 Å². The van der Waals surface area contributed by atoms with Gasteiger partial charge in [0.15, 0.2) is 0 Å². The summed E-state index contributed by atoms with van der Waals surface area (Å²) in [5.74, 6) is 0.686. The molecule has 2 aromatic heterocycles. The predicted molar refractivity (Wildman–Crippen MR) is 52.1 cm³/mol. The van der Waals surface area contributed by atoms with E-state index in [1.54, 1.807) is 18.4 Å². The molecule has 0 bridgehead atoms. The Balaban J connectivity index is 2.64. The van der Waals surface area contributed by atoms with Crippen LogP contribution in [-0.2, 0) is 0 Å². The van der Waals surface area contributed by atoms with Gasteiger partial charge in [-0.2, -0.15) is 5.10 Å². The Morgan fingerprint density at radius 3 is 3.08 bits per heavy atom. The third-order valence-electron chi connectivity index (χ3n) is 1.56. The van der Waals surface area contributed by atoms with Crippen molar-refractivity contribution in [2.24, 2.45) is 0 Å². The first-order valence-corrected chi connectivity index (χ1v) is 4.35. The number of furan rings is 1. The van der Waals surface area contributed by atoms with Gasteiger partial charge >= 0.3 is 0 Å². The van der Waals surface area contributed by atoms with Crippen molar-refractivity contribution in [1.82, 2.24) is 10.2 Å². The number of nitrogens with zero attached hydrogens (tertiary/aromatic N) is 1. The first kappa shape index (κ1) is 8.47. The summed E-state index contributed by atoms with van der Waals surface area (Å²) in [4.78, 5) is 0. The second kappa shape index (κ2) is 3.32. The van der Waals surface area contributed by atoms with Crippen molar-refractivity contribution in [2.75, 3.05) is 0 Å². The van der Waals surface area contributed by atoms with Crippen LogP contribution < -0.4 is 0 Å². The molecular weight excluding hydrogens is 208 g/mol. The number of aromatic amines is 1. The molecular formula is C8H5ClN2OS. The van der Waals surface area contributed by atoms with Gasteiger partial charge in [-0.05, 0) is 18.2 Å². The molecule has 1 N–H and O–H groups in total. The van der Waals surface area contributed by atoms with Gasteiger partial charge in [0.1, 0.15) is 15.6 Å². The number of H-pyrrole nitrogens is 1. The van der Waals surface area contributed by atoms with Gasteiger partial charge in [0.25, 0.3) is 0 Å². The molecule has 0 saturated heterocycles. The molecule has 0 radical (unpaired) electrons. The lowest BCUT2D eigenvalue weighted by Gasteiger charge is -1.96. The molecule has 13 heavy (non-hydrogen) atoms. The number of hydrogen-bond donors (Lipinski definition) is 1. The summed E-state index contributed by atoms with van der Waals surface area (Å²) in [6, 6.07) is 5.27. The lowest BCUT2D eigenvalue weighted by atomic mass is 10.2. The molecule has 3 nitrogen and oxygen atoms in total. The third kappa shape index (κ3) is 1.64. The van der Waals surface area contributed by atoms with Crippen molar-refractivity contribution < 1.29 is 4.42 Å². The van der Waals surface area contributed by atoms with Gasteiger partial charge in [-0.15, -0.1) is 0 Å². The van der Waals surface area contributed by atoms with Gasteiger partial charge in [-0.1, -0.05) is 23.8 Å². The van der Waals surface area contributed by atoms with E-state index in [1.165, 1.54) is 0 Å². The highest BCUT2D eigenvalue weighted by Crippen LogP contribution is 2.21. The molecule has 0 aromatic carbocycles. The summed E-state index contributed by atoms with van der Waals surface area (Å²) in [5, 5.41) is 6.73. The monoisotopic (exact) mass is 212 g/mol. The molecule has 0 spiro atoms. The fourth-order valence-corrected chi connectivity index (χ4v) is 1.35. The summed E-state index contributed by atoms with van der Waals surface area (Å²) in [6.07, 6.45) is 1.58. The zero-order valence-electron chi connectivity index (χ0n) is 6.45. The minimum Gasteiger partial charge on any atom is -0.464 e. The van der Waals surface area contributed by atoms with E-state index in [0.717, 1.165) is 5.56 Å². The first-order chi connectivity index (χ1) is 6.27. The SMILES string of the molecule is S=c1[nH]nc(Cl)cc1-c1ccco1. The largest absolute Gasteiger partial charge is 0.464 e. The summed E-state index contributed by atoms with van der Waals surface area (Å²) in [6.45, 7) is 0. The molecule has 0 atom stereocenters. The fraction of sp³-hybridized carbons (Fsp3) is 0. The predicted octanol–water partition coefficient (Wildman–Crippen LogP) is 3.05. The van der Waals surface area contributed by atoms with Gasteiger partial charge in [-0.25, -0.2) is 0 Å². The molecule has 0 aliphatic carbocycles. The van der Waals surface area contributed by atoms with Crippen LogP contribution in [0, 0.1) is 4.64 Å². The van der Waals surface area contributed by atoms with E-state index in [4.69, 9.17) is 28.2 Å². The minimum atomic E-state index is 0.361. The van der Waals surface area contributed by atoms with Crippen LogP contribution in [0.1, 0.15) is 0 Å². The van der Waals surface area contributed by atoms with Crippen LogP contribution in [0.4, 0.5) is 0 Å². The van der Waals surface area contributed by atoms with Crippen LogP contribution >= 0.6 is 23.8 Å². The maximum Gasteiger partial charge on any atom is 0.150 e. The Hall–Kier alpha value is -1.13. The number of nitrogens with one attached hydrogen (secondary N) is 1. The smallest absolute Gasteiger partial charge is 0.150 e. The van der Waals surface area contributed by atoms with Crippen molar-refractivity contribution in [3.05, 3.63) is 34.3 Å². The van der Waals surface area contributed by atoms with Crippen LogP contribution in [0.15, 0.2) is 28.9 Å². The quantitative estimate of drug-likeness (QED) is 0.739. The molecule has 66 valence electrons. The molecule has 5 heteroatoms. The molecule has 2 aromatic rings. The normalized spacial score (nSPS) is 10.2. The summed E-state index contributed by atoms with van der Waals surface area (Å²) in [5.41, 5.74) is 0.750. The number of aromatic nitrogens is 2. The van der Waals surface area contributed by atoms with Crippen LogP contribution in [0.3, 0.4) is 0 Å². The second-order valence-electron chi connectivity index (χ2n) is 2.41. The lowest BCUT2D eigenvalue weighted by Crippen LogP contribution is -1.85. The van der Waals surface area contributed by atoms with E-state index in [1.807, 2.05) is 6.07 Å². The third-order valence-corrected chi connectivity index (χ3v) is 2.06. The van der Waals surface area contributed by atoms with E-state index in [9.17, 15) is 0 Å². The molecule has 0 unspecified atom stereocenters. The Kier molecular flexibility index (Phi) is 2.16. The maximum absolute atomic E-state index is 5.70. The van der Waals surface area contributed by atoms with E-state index in [2.05, 4.69) is 10.2 Å². The van der Waals surface area contributed by atoms with E-state index >= 15 is 0 Å². The Morgan fingerprint density at radius 1 is 1.54 bits per heavy atom. The van der Waals surface area contributed by atoms with Crippen molar-refractivity contribution in [2.45, 2.75) is 0 Å². The first-order valence-electron chi connectivity index (χ1n) is 3.56. The number of rotatable bonds is 1. The Bertz CT molecular complexity index is 463. The zero-order chi connectivity index (χ0) is 9.26. The summed E-state index contributed by atoms with van der Waals surface area (Å²) < 4.78 is 5.70. The molecule has 0 aliphatic heterocycles. The summed E-state index contributed by atoms with van der Waals surface area (Å²) in [7, 11) is 0. The fourth-order valence-electron chi connectivity index (χ4n) is 0.996. The lowest BCUT2D eigenvalue weighted by molar-refractivity contribution is 0.581. The van der Waals surface area contributed by atoms with Gasteiger partial charge < -0.3 is 4.42 Å². The average Bonchev–Trinajstić information content (AvgIpc) is 2.61. The molecule has 2 rings (SSSR count). The highest BCUT2D eigenvalue weighted by molar-refractivity contribution is 7.71. The van der Waals surface area contributed by atoms with Crippen LogP contribution in [0.2, 0.25) is 5.15 Å². The van der Waals surface area contributed by atoms with E-state index in [-0.39, 0.29) is 0 Å². The van der Waals surface area contributed by atoms with Crippen molar-refractivity contribution >= 4 is 23.8 Å². The number of hydrogen-bond acceptors (Lipinski definition) is 3. The molecule has 2 heterocycles. The molecule has 0 fully saturated rings. The second-order valence-corrected chi connectivity index (χ2v) is 3.21. The highest BCUT2D eigenvalue weighted by atomic mass is 35.5. The topological polar surface area (TPSA) is 41.8 Å². The number of halogens is 1. The Labute approximate surface area is 84.4 Å². The zero-order valence-corrected chi connectivity index (χ0v) is 8.02. The van der Waals surface area contributed by atoms with Crippen LogP contribution in [0.5, 0.6) is 0 Å². The van der Waals surface area contributed by atoms with Crippen molar-refractivity contribution in [3.63, 3.8) is 0 Å². The molecule has 0 saturated carbocycles. The van der Waals surface area contributed by atoms with Crippen LogP contribution in [-0.4, -0.2) is 10.2 Å². The highest BCUT2D eigenvalue weighted by Gasteiger charge is 2.04. The van der Waals surface area contributed by atoms with E-state index < -0.39 is 0 Å². The molecule has 0 aliphatic rings. The Morgan fingerprint density at radius 2 is 2.38 bits per heavy atom. The van der Waals surface area contributed by atoms with Crippen molar-refractivity contribution in [1.29, 1.82) is 0 Å². The van der Waals surface area contributed by atoms with Crippen LogP contribution in [0.25, 0.3) is 11.3 Å². The van der Waals surface area contributed by atoms with Crippen molar-refractivity contribution in [3.8, 4) is 11.3 Å². The maximum atomic E-state index is 5.70.